The molecule has 0 aliphatic carbocycles. The van der Waals surface area contributed by atoms with Gasteiger partial charge in [-0.1, -0.05) is 29.8 Å². The van der Waals surface area contributed by atoms with Crippen molar-refractivity contribution >= 4 is 28.4 Å². The van der Waals surface area contributed by atoms with Crippen molar-refractivity contribution < 1.29 is 13.9 Å². The normalized spacial score (nSPS) is 10.9. The fraction of sp³-hybridized carbons (Fsp3) is 0.125. The van der Waals surface area contributed by atoms with Crippen molar-refractivity contribution in [2.24, 2.45) is 0 Å². The zero-order valence-electron chi connectivity index (χ0n) is 17.5. The number of benzene rings is 3. The summed E-state index contributed by atoms with van der Waals surface area (Å²) >= 11 is 6.11. The van der Waals surface area contributed by atoms with Gasteiger partial charge in [0.25, 0.3) is 5.56 Å². The molecule has 0 aliphatic heterocycles. The number of amides is 1. The number of carbonyl (C=O) groups excluding carboxylic acids is 1. The lowest BCUT2D eigenvalue weighted by atomic mass is 10.2. The van der Waals surface area contributed by atoms with Gasteiger partial charge < -0.3 is 10.1 Å². The summed E-state index contributed by atoms with van der Waals surface area (Å²) in [5.41, 5.74) is 0.0180. The summed E-state index contributed by atoms with van der Waals surface area (Å²) in [4.78, 5) is 39.2. The highest BCUT2D eigenvalue weighted by Crippen LogP contribution is 2.18. The van der Waals surface area contributed by atoms with Crippen molar-refractivity contribution in [3.63, 3.8) is 0 Å². The van der Waals surface area contributed by atoms with Gasteiger partial charge in [0.1, 0.15) is 18.1 Å². The molecule has 0 saturated heterocycles. The van der Waals surface area contributed by atoms with Crippen molar-refractivity contribution in [2.75, 3.05) is 7.11 Å². The standard InChI is InChI=1S/C24H19ClFN3O4/c1-33-19-4-2-3-18(12-19)29-23(31)20-10-7-16(25)11-21(20)28(24(29)32)14-22(30)27-13-15-5-8-17(26)9-6-15/h2-12H,13-14H2,1H3,(H,27,30). The highest BCUT2D eigenvalue weighted by molar-refractivity contribution is 6.31. The molecule has 168 valence electrons. The monoisotopic (exact) mass is 467 g/mol. The zero-order chi connectivity index (χ0) is 23.5. The van der Waals surface area contributed by atoms with Crippen LogP contribution in [0.2, 0.25) is 5.02 Å². The van der Waals surface area contributed by atoms with Gasteiger partial charge in [0.15, 0.2) is 0 Å². The van der Waals surface area contributed by atoms with Gasteiger partial charge in [-0.2, -0.15) is 0 Å². The molecule has 0 radical (unpaired) electrons. The van der Waals surface area contributed by atoms with Crippen molar-refractivity contribution in [3.8, 4) is 11.4 Å². The SMILES string of the molecule is COc1cccc(-n2c(=O)c3ccc(Cl)cc3n(CC(=O)NCc3ccc(F)cc3)c2=O)c1. The second-order valence-electron chi connectivity index (χ2n) is 7.28. The number of aromatic nitrogens is 2. The third-order valence-corrected chi connectivity index (χ3v) is 5.36. The number of rotatable bonds is 6. The molecule has 9 heteroatoms. The molecule has 3 aromatic carbocycles. The van der Waals surface area contributed by atoms with E-state index in [-0.39, 0.29) is 29.8 Å². The summed E-state index contributed by atoms with van der Waals surface area (Å²) in [5.74, 6) is -0.364. The molecule has 33 heavy (non-hydrogen) atoms. The van der Waals surface area contributed by atoms with Gasteiger partial charge in [-0.15, -0.1) is 0 Å². The van der Waals surface area contributed by atoms with E-state index in [1.807, 2.05) is 0 Å². The molecule has 1 heterocycles. The molecule has 1 aromatic heterocycles. The summed E-state index contributed by atoms with van der Waals surface area (Å²) in [6.45, 7) is -0.191. The quantitative estimate of drug-likeness (QED) is 0.472. The number of nitrogens with one attached hydrogen (secondary N) is 1. The molecular weight excluding hydrogens is 449 g/mol. The van der Waals surface area contributed by atoms with Crippen molar-refractivity contribution in [1.29, 1.82) is 0 Å². The van der Waals surface area contributed by atoms with E-state index in [9.17, 15) is 18.8 Å². The van der Waals surface area contributed by atoms with Crippen LogP contribution in [0.25, 0.3) is 16.6 Å². The number of methoxy groups -OCH3 is 1. The third-order valence-electron chi connectivity index (χ3n) is 5.12. The maximum Gasteiger partial charge on any atom is 0.336 e. The van der Waals surface area contributed by atoms with Crippen LogP contribution in [0.5, 0.6) is 5.75 Å². The summed E-state index contributed by atoms with van der Waals surface area (Å²) < 4.78 is 20.5. The summed E-state index contributed by atoms with van der Waals surface area (Å²) in [5, 5.41) is 3.25. The minimum absolute atomic E-state index is 0.155. The zero-order valence-corrected chi connectivity index (χ0v) is 18.3. The summed E-state index contributed by atoms with van der Waals surface area (Å²) in [6, 6.07) is 16.8. The number of hydrogen-bond donors (Lipinski definition) is 1. The van der Waals surface area contributed by atoms with E-state index < -0.39 is 17.2 Å². The first-order valence-electron chi connectivity index (χ1n) is 9.98. The van der Waals surface area contributed by atoms with Crippen molar-refractivity contribution in [1.82, 2.24) is 14.5 Å². The Bertz CT molecular complexity index is 1460. The molecule has 0 atom stereocenters. The van der Waals surface area contributed by atoms with E-state index in [1.165, 1.54) is 35.9 Å². The van der Waals surface area contributed by atoms with E-state index in [0.717, 1.165) is 4.57 Å². The lowest BCUT2D eigenvalue weighted by Crippen LogP contribution is -2.41. The minimum Gasteiger partial charge on any atom is -0.497 e. The minimum atomic E-state index is -0.694. The van der Waals surface area contributed by atoms with Crippen LogP contribution < -0.4 is 21.3 Å². The number of halogens is 2. The van der Waals surface area contributed by atoms with Gasteiger partial charge in [0.2, 0.25) is 5.91 Å². The van der Waals surface area contributed by atoms with Gasteiger partial charge >= 0.3 is 5.69 Å². The maximum atomic E-state index is 13.4. The Kier molecular flexibility index (Phi) is 6.28. The van der Waals surface area contributed by atoms with Crippen molar-refractivity contribution in [3.05, 3.63) is 104 Å². The maximum absolute atomic E-state index is 13.4. The number of fused-ring (bicyclic) bond motifs is 1. The van der Waals surface area contributed by atoms with Gasteiger partial charge in [-0.05, 0) is 48.0 Å². The van der Waals surface area contributed by atoms with E-state index in [0.29, 0.717) is 22.0 Å². The lowest BCUT2D eigenvalue weighted by Gasteiger charge is -2.15. The fourth-order valence-electron chi connectivity index (χ4n) is 3.47. The van der Waals surface area contributed by atoms with E-state index in [1.54, 1.807) is 42.5 Å². The Balaban J connectivity index is 1.76. The van der Waals surface area contributed by atoms with Gasteiger partial charge in [-0.25, -0.2) is 13.8 Å². The third kappa shape index (κ3) is 4.65. The molecule has 0 aliphatic rings. The predicted octanol–water partition coefficient (Wildman–Crippen LogP) is 3.27. The smallest absolute Gasteiger partial charge is 0.336 e. The molecule has 0 bridgehead atoms. The topological polar surface area (TPSA) is 82.3 Å². The molecule has 7 nitrogen and oxygen atoms in total. The number of nitrogens with zero attached hydrogens (tertiary/aromatic N) is 2. The highest BCUT2D eigenvalue weighted by atomic mass is 35.5. The molecule has 0 spiro atoms. The Morgan fingerprint density at radius 3 is 2.55 bits per heavy atom. The molecule has 4 rings (SSSR count). The van der Waals surface area contributed by atoms with Gasteiger partial charge in [0, 0.05) is 17.6 Å². The van der Waals surface area contributed by atoms with E-state index in [2.05, 4.69) is 5.32 Å². The molecular formula is C24H19ClFN3O4. The number of carbonyl (C=O) groups is 1. The van der Waals surface area contributed by atoms with E-state index >= 15 is 0 Å². The van der Waals surface area contributed by atoms with Crippen LogP contribution in [0.3, 0.4) is 0 Å². The Morgan fingerprint density at radius 2 is 1.82 bits per heavy atom. The number of hydrogen-bond acceptors (Lipinski definition) is 4. The lowest BCUT2D eigenvalue weighted by molar-refractivity contribution is -0.121. The predicted molar refractivity (Wildman–Crippen MR) is 124 cm³/mol. The van der Waals surface area contributed by atoms with Crippen LogP contribution in [-0.4, -0.2) is 22.2 Å². The van der Waals surface area contributed by atoms with Crippen LogP contribution in [0.15, 0.2) is 76.3 Å². The van der Waals surface area contributed by atoms with Crippen LogP contribution in [-0.2, 0) is 17.9 Å². The first-order chi connectivity index (χ1) is 15.9. The molecule has 0 fully saturated rings. The Labute approximate surface area is 192 Å². The first-order valence-corrected chi connectivity index (χ1v) is 10.4. The fourth-order valence-corrected chi connectivity index (χ4v) is 3.64. The van der Waals surface area contributed by atoms with Gasteiger partial charge in [-0.3, -0.25) is 14.2 Å². The largest absolute Gasteiger partial charge is 0.497 e. The average Bonchev–Trinajstić information content (AvgIpc) is 2.81. The second kappa shape index (κ2) is 9.30. The van der Waals surface area contributed by atoms with Crippen LogP contribution in [0.1, 0.15) is 5.56 Å². The van der Waals surface area contributed by atoms with Crippen LogP contribution >= 0.6 is 11.6 Å². The second-order valence-corrected chi connectivity index (χ2v) is 7.71. The van der Waals surface area contributed by atoms with Gasteiger partial charge in [0.05, 0.1) is 23.7 Å². The molecule has 1 amide bonds. The molecule has 1 N–H and O–H groups in total. The average molecular weight is 468 g/mol. The van der Waals surface area contributed by atoms with Crippen LogP contribution in [0, 0.1) is 5.82 Å². The van der Waals surface area contributed by atoms with Crippen molar-refractivity contribution in [2.45, 2.75) is 13.1 Å². The summed E-state index contributed by atoms with van der Waals surface area (Å²) in [6.07, 6.45) is 0. The number of ether oxygens (including phenoxy) is 1. The Morgan fingerprint density at radius 1 is 1.06 bits per heavy atom. The molecule has 4 aromatic rings. The molecule has 0 saturated carbocycles. The summed E-state index contributed by atoms with van der Waals surface area (Å²) in [7, 11) is 1.48. The first kappa shape index (κ1) is 22.3. The highest BCUT2D eigenvalue weighted by Gasteiger charge is 2.17. The molecule has 0 unspecified atom stereocenters. The Hall–Kier alpha value is -3.91. The van der Waals surface area contributed by atoms with Crippen LogP contribution in [0.4, 0.5) is 4.39 Å². The van der Waals surface area contributed by atoms with E-state index in [4.69, 9.17) is 16.3 Å².